The number of rotatable bonds is 17. The second-order valence-electron chi connectivity index (χ2n) is 15.5. The molecule has 0 spiro atoms. The first-order chi connectivity index (χ1) is 24.9. The van der Waals surface area contributed by atoms with Crippen molar-refractivity contribution in [2.45, 2.75) is 77.7 Å². The highest BCUT2D eigenvalue weighted by atomic mass is 16.5. The second-order valence-corrected chi connectivity index (χ2v) is 15.5. The molecule has 11 heteroatoms. The zero-order valence-electron chi connectivity index (χ0n) is 32.4. The van der Waals surface area contributed by atoms with Crippen LogP contribution in [0.15, 0.2) is 42.5 Å². The summed E-state index contributed by atoms with van der Waals surface area (Å²) in [5, 5.41) is 25.6. The lowest BCUT2D eigenvalue weighted by Crippen LogP contribution is -2.66. The predicted octanol–water partition coefficient (Wildman–Crippen LogP) is 6.67. The summed E-state index contributed by atoms with van der Waals surface area (Å²) in [5.41, 5.74) is 2.90. The van der Waals surface area contributed by atoms with Gasteiger partial charge >= 0.3 is 5.97 Å². The number of hydrogen-bond donors (Lipinski definition) is 4. The topological polar surface area (TPSA) is 130 Å². The SMILES string of the molecule is CNCCCN(C)CCCNc1ccc(-n2nc(C(=O)NC3(C(=O)O)C(C)CC4CC(C)CC3C4)cc2-c2c(OC)cccc2OC)c(C(C)C)c1. The third-order valence-corrected chi connectivity index (χ3v) is 11.3. The van der Waals surface area contributed by atoms with E-state index in [9.17, 15) is 14.7 Å². The van der Waals surface area contributed by atoms with Crippen molar-refractivity contribution in [3.05, 3.63) is 53.7 Å². The molecule has 2 saturated carbocycles. The summed E-state index contributed by atoms with van der Waals surface area (Å²) in [5.74, 6) is 0.332. The summed E-state index contributed by atoms with van der Waals surface area (Å²) < 4.78 is 13.4. The first-order valence-corrected chi connectivity index (χ1v) is 19.0. The Hall–Kier alpha value is -4.09. The second kappa shape index (κ2) is 17.2. The van der Waals surface area contributed by atoms with E-state index in [1.165, 1.54) is 0 Å². The molecule has 2 fully saturated rings. The van der Waals surface area contributed by atoms with E-state index in [2.05, 4.69) is 54.7 Å². The van der Waals surface area contributed by atoms with Gasteiger partial charge in [-0.05, 0) is 144 Å². The Morgan fingerprint density at radius 1 is 1.00 bits per heavy atom. The van der Waals surface area contributed by atoms with Gasteiger partial charge < -0.3 is 35.4 Å². The molecule has 1 heterocycles. The molecule has 11 nitrogen and oxygen atoms in total. The van der Waals surface area contributed by atoms with Gasteiger partial charge in [-0.25, -0.2) is 9.48 Å². The van der Waals surface area contributed by atoms with Crippen LogP contribution in [0.3, 0.4) is 0 Å². The molecule has 5 rings (SSSR count). The van der Waals surface area contributed by atoms with Crippen LogP contribution >= 0.6 is 0 Å². The summed E-state index contributed by atoms with van der Waals surface area (Å²) in [7, 11) is 7.35. The third kappa shape index (κ3) is 8.26. The Morgan fingerprint density at radius 3 is 2.33 bits per heavy atom. The van der Waals surface area contributed by atoms with Crippen LogP contribution in [0.1, 0.15) is 88.2 Å². The number of fused-ring (bicyclic) bond motifs is 2. The minimum atomic E-state index is -1.37. The molecule has 52 heavy (non-hydrogen) atoms. The van der Waals surface area contributed by atoms with Gasteiger partial charge in [0.25, 0.3) is 5.91 Å². The minimum absolute atomic E-state index is 0.128. The van der Waals surface area contributed by atoms with E-state index in [-0.39, 0.29) is 23.4 Å². The number of carbonyl (C=O) groups excluding carboxylic acids is 1. The molecule has 284 valence electrons. The van der Waals surface area contributed by atoms with Crippen LogP contribution in [0.2, 0.25) is 0 Å². The quantitative estimate of drug-likeness (QED) is 0.113. The molecule has 3 aromatic rings. The van der Waals surface area contributed by atoms with E-state index >= 15 is 0 Å². The molecule has 4 N–H and O–H groups in total. The lowest BCUT2D eigenvalue weighted by atomic mass is 9.56. The van der Waals surface area contributed by atoms with Gasteiger partial charge in [0.1, 0.15) is 17.0 Å². The fraction of sp³-hybridized carbons (Fsp3) is 0.585. The van der Waals surface area contributed by atoms with Gasteiger partial charge in [-0.3, -0.25) is 4.79 Å². The van der Waals surface area contributed by atoms with Crippen LogP contribution < -0.4 is 25.4 Å². The summed E-state index contributed by atoms with van der Waals surface area (Å²) >= 11 is 0. The Morgan fingerprint density at radius 2 is 1.69 bits per heavy atom. The molecule has 2 aliphatic carbocycles. The molecule has 5 unspecified atom stereocenters. The van der Waals surface area contributed by atoms with Gasteiger partial charge in [0, 0.05) is 12.2 Å². The van der Waals surface area contributed by atoms with Crippen molar-refractivity contribution in [3.8, 4) is 28.4 Å². The highest BCUT2D eigenvalue weighted by Gasteiger charge is 2.56. The third-order valence-electron chi connectivity index (χ3n) is 11.3. The number of amides is 1. The van der Waals surface area contributed by atoms with Crippen LogP contribution in [0.4, 0.5) is 5.69 Å². The fourth-order valence-corrected chi connectivity index (χ4v) is 8.81. The molecule has 0 aliphatic heterocycles. The van der Waals surface area contributed by atoms with Gasteiger partial charge in [0.05, 0.1) is 31.2 Å². The molecule has 1 aromatic heterocycles. The normalized spacial score (nSPS) is 22.7. The Bertz CT molecular complexity index is 1660. The molecule has 0 radical (unpaired) electrons. The standard InChI is InChI=1S/C41H60N6O5/c1-26(2)32-24-31(43-17-11-19-46(6)18-10-16-42-5)14-15-34(32)47-35(38-36(51-7)12-9-13-37(38)52-8)25-33(45-47)39(48)44-41(40(49)50)28(4)22-29-20-27(3)21-30(41)23-29/h9,12-15,24-30,42-43H,10-11,16-23H2,1-8H3,(H,44,48)(H,49,50). The Kier molecular flexibility index (Phi) is 12.9. The van der Waals surface area contributed by atoms with Gasteiger partial charge in [0.15, 0.2) is 5.69 Å². The lowest BCUT2D eigenvalue weighted by Gasteiger charge is -2.52. The van der Waals surface area contributed by atoms with Crippen LogP contribution in [-0.4, -0.2) is 91.7 Å². The monoisotopic (exact) mass is 716 g/mol. The van der Waals surface area contributed by atoms with E-state index in [0.29, 0.717) is 34.6 Å². The number of nitrogens with one attached hydrogen (secondary N) is 3. The van der Waals surface area contributed by atoms with Crippen molar-refractivity contribution in [3.63, 3.8) is 0 Å². The minimum Gasteiger partial charge on any atom is -0.496 e. The molecule has 2 bridgehead atoms. The van der Waals surface area contributed by atoms with Crippen LogP contribution in [0, 0.1) is 23.7 Å². The fourth-order valence-electron chi connectivity index (χ4n) is 8.81. The van der Waals surface area contributed by atoms with Crippen molar-refractivity contribution in [1.29, 1.82) is 0 Å². The smallest absolute Gasteiger partial charge is 0.329 e. The maximum atomic E-state index is 14.4. The van der Waals surface area contributed by atoms with E-state index in [0.717, 1.165) is 81.6 Å². The maximum Gasteiger partial charge on any atom is 0.329 e. The first-order valence-electron chi connectivity index (χ1n) is 19.0. The highest BCUT2D eigenvalue weighted by Crippen LogP contribution is 2.50. The molecule has 0 saturated heterocycles. The number of carbonyl (C=O) groups is 2. The van der Waals surface area contributed by atoms with Crippen LogP contribution in [-0.2, 0) is 4.79 Å². The summed E-state index contributed by atoms with van der Waals surface area (Å²) in [4.78, 5) is 29.9. The van der Waals surface area contributed by atoms with E-state index in [4.69, 9.17) is 14.6 Å². The number of nitrogens with zero attached hydrogens (tertiary/aromatic N) is 3. The number of hydrogen-bond acceptors (Lipinski definition) is 8. The first kappa shape index (κ1) is 39.1. The summed E-state index contributed by atoms with van der Waals surface area (Å²) in [6.07, 6.45) is 5.61. The van der Waals surface area contributed by atoms with Gasteiger partial charge in [0.2, 0.25) is 0 Å². The van der Waals surface area contributed by atoms with Gasteiger partial charge in [-0.2, -0.15) is 5.10 Å². The zero-order valence-corrected chi connectivity index (χ0v) is 32.4. The van der Waals surface area contributed by atoms with E-state index in [1.54, 1.807) is 25.0 Å². The number of methoxy groups -OCH3 is 2. The largest absolute Gasteiger partial charge is 0.496 e. The Labute approximate surface area is 309 Å². The predicted molar refractivity (Wildman–Crippen MR) is 207 cm³/mol. The lowest BCUT2D eigenvalue weighted by molar-refractivity contribution is -0.155. The number of anilines is 1. The highest BCUT2D eigenvalue weighted by molar-refractivity contribution is 5.98. The molecule has 5 atom stereocenters. The van der Waals surface area contributed by atoms with Crippen molar-refractivity contribution in [1.82, 2.24) is 25.3 Å². The van der Waals surface area contributed by atoms with Crippen molar-refractivity contribution in [2.24, 2.45) is 23.7 Å². The van der Waals surface area contributed by atoms with Crippen molar-refractivity contribution in [2.75, 3.05) is 59.8 Å². The number of carboxylic acids is 1. The number of carboxylic acid groups (broad SMARTS) is 1. The van der Waals surface area contributed by atoms with Crippen LogP contribution in [0.25, 0.3) is 16.9 Å². The summed E-state index contributed by atoms with van der Waals surface area (Å²) in [6, 6.07) is 13.5. The van der Waals surface area contributed by atoms with Crippen molar-refractivity contribution >= 4 is 17.6 Å². The van der Waals surface area contributed by atoms with Crippen molar-refractivity contribution < 1.29 is 24.2 Å². The zero-order chi connectivity index (χ0) is 37.6. The molecular formula is C41H60N6O5. The number of benzene rings is 2. The Balaban J connectivity index is 1.51. The summed E-state index contributed by atoms with van der Waals surface area (Å²) in [6.45, 7) is 12.4. The van der Waals surface area contributed by atoms with E-state index < -0.39 is 17.4 Å². The number of aromatic nitrogens is 2. The maximum absolute atomic E-state index is 14.4. The number of ether oxygens (including phenoxy) is 2. The van der Waals surface area contributed by atoms with Gasteiger partial charge in [-0.1, -0.05) is 33.8 Å². The molecule has 2 aliphatic rings. The van der Waals surface area contributed by atoms with Gasteiger partial charge in [-0.15, -0.1) is 0 Å². The molecule has 1 amide bonds. The average molecular weight is 717 g/mol. The molecule has 2 aromatic carbocycles. The average Bonchev–Trinajstić information content (AvgIpc) is 3.56. The number of aliphatic carboxylic acids is 1. The molecular weight excluding hydrogens is 656 g/mol. The van der Waals surface area contributed by atoms with E-state index in [1.807, 2.05) is 44.3 Å². The van der Waals surface area contributed by atoms with Crippen LogP contribution in [0.5, 0.6) is 11.5 Å².